The van der Waals surface area contributed by atoms with E-state index in [4.69, 9.17) is 24.2 Å². The SMILES string of the molecule is CCOC(=O)[C@@]12C[C@H]1C=CCCCCC[C@@H](NC(=O)OC(C)(C)C)C(=O)N1C[C@H](Oc3nc4ccccc4nc3-c3cccs3)C[C@H]1C(=O)N2. The molecule has 50 heavy (non-hydrogen) atoms. The number of alkyl carbamates (subject to hydrolysis) is 1. The van der Waals surface area contributed by atoms with Crippen LogP contribution in [0.2, 0.25) is 0 Å². The van der Waals surface area contributed by atoms with Crippen LogP contribution in [0, 0.1) is 5.92 Å². The summed E-state index contributed by atoms with van der Waals surface area (Å²) < 4.78 is 17.5. The fourth-order valence-electron chi connectivity index (χ4n) is 6.64. The van der Waals surface area contributed by atoms with Gasteiger partial charge in [-0.05, 0) is 77.0 Å². The van der Waals surface area contributed by atoms with Gasteiger partial charge in [-0.25, -0.2) is 19.6 Å². The molecule has 12 nitrogen and oxygen atoms in total. The number of esters is 1. The summed E-state index contributed by atoms with van der Waals surface area (Å²) >= 11 is 1.50. The van der Waals surface area contributed by atoms with Crippen LogP contribution >= 0.6 is 11.3 Å². The molecule has 2 fully saturated rings. The van der Waals surface area contributed by atoms with Gasteiger partial charge in [0, 0.05) is 12.3 Å². The second-order valence-corrected chi connectivity index (χ2v) is 15.0. The molecule has 13 heteroatoms. The molecule has 1 saturated carbocycles. The minimum Gasteiger partial charge on any atom is -0.471 e. The molecule has 0 spiro atoms. The number of aromatic nitrogens is 2. The number of nitrogens with one attached hydrogen (secondary N) is 2. The summed E-state index contributed by atoms with van der Waals surface area (Å²) in [5.74, 6) is -1.31. The zero-order chi connectivity index (χ0) is 35.5. The lowest BCUT2D eigenvalue weighted by molar-refractivity contribution is -0.150. The maximum absolute atomic E-state index is 14.4. The van der Waals surface area contributed by atoms with Gasteiger partial charge in [0.25, 0.3) is 0 Å². The van der Waals surface area contributed by atoms with Crippen molar-refractivity contribution >= 4 is 46.2 Å². The summed E-state index contributed by atoms with van der Waals surface area (Å²) in [6.45, 7) is 7.22. The van der Waals surface area contributed by atoms with E-state index < -0.39 is 53.2 Å². The average Bonchev–Trinajstić information content (AvgIpc) is 3.38. The number of allylic oxidation sites excluding steroid dienone is 1. The van der Waals surface area contributed by atoms with E-state index in [1.165, 1.54) is 16.2 Å². The van der Waals surface area contributed by atoms with Crippen LogP contribution in [0.15, 0.2) is 53.9 Å². The van der Waals surface area contributed by atoms with Crippen molar-refractivity contribution in [3.63, 3.8) is 0 Å². The van der Waals surface area contributed by atoms with Gasteiger partial charge in [-0.2, -0.15) is 0 Å². The lowest BCUT2D eigenvalue weighted by atomic mass is 10.0. The molecule has 3 aromatic rings. The lowest BCUT2D eigenvalue weighted by Gasteiger charge is -2.30. The van der Waals surface area contributed by atoms with Crippen LogP contribution < -0.4 is 15.4 Å². The second kappa shape index (κ2) is 14.8. The van der Waals surface area contributed by atoms with Crippen molar-refractivity contribution in [1.82, 2.24) is 25.5 Å². The highest BCUT2D eigenvalue weighted by Crippen LogP contribution is 2.46. The first-order valence-electron chi connectivity index (χ1n) is 17.4. The molecular weight excluding hydrogens is 659 g/mol. The zero-order valence-electron chi connectivity index (χ0n) is 29.0. The summed E-state index contributed by atoms with van der Waals surface area (Å²) in [7, 11) is 0. The Morgan fingerprint density at radius 3 is 2.58 bits per heavy atom. The summed E-state index contributed by atoms with van der Waals surface area (Å²) in [6, 6.07) is 9.44. The number of carbonyl (C=O) groups excluding carboxylic acids is 4. The molecule has 0 radical (unpaired) electrons. The smallest absolute Gasteiger partial charge is 0.408 e. The molecule has 1 saturated heterocycles. The second-order valence-electron chi connectivity index (χ2n) is 14.1. The molecule has 266 valence electrons. The van der Waals surface area contributed by atoms with E-state index in [0.29, 0.717) is 41.9 Å². The standard InChI is InChI=1S/C37H45N5O7S/c1-5-47-34(45)37-21-23(37)14-9-7-6-8-10-17-27(40-35(46)49-36(2,3)4)33(44)42-22-24(20-28(42)31(43)41-37)48-32-30(29-18-13-19-50-29)38-25-15-11-12-16-26(25)39-32/h9,11-16,18-19,23-24,27-28H,5-8,10,17,20-22H2,1-4H3,(H,40,46)(H,41,43)/t23-,24-,27-,28+,37-/m1/s1. The summed E-state index contributed by atoms with van der Waals surface area (Å²) in [4.78, 5) is 66.9. The van der Waals surface area contributed by atoms with Crippen molar-refractivity contribution in [2.75, 3.05) is 13.2 Å². The summed E-state index contributed by atoms with van der Waals surface area (Å²) in [6.07, 6.45) is 6.76. The van der Waals surface area contributed by atoms with E-state index >= 15 is 0 Å². The van der Waals surface area contributed by atoms with E-state index in [-0.39, 0.29) is 25.5 Å². The third-order valence-electron chi connectivity index (χ3n) is 9.14. The molecular formula is C37H45N5O7S. The Morgan fingerprint density at radius 2 is 1.86 bits per heavy atom. The summed E-state index contributed by atoms with van der Waals surface area (Å²) in [5.41, 5.74) is -0.0443. The number of hydrogen-bond acceptors (Lipinski definition) is 10. The molecule has 0 bridgehead atoms. The van der Waals surface area contributed by atoms with Crippen molar-refractivity contribution in [1.29, 1.82) is 0 Å². The van der Waals surface area contributed by atoms with Gasteiger partial charge in [0.05, 0.1) is 29.1 Å². The van der Waals surface area contributed by atoms with E-state index in [0.717, 1.165) is 24.1 Å². The fourth-order valence-corrected chi connectivity index (χ4v) is 7.35. The van der Waals surface area contributed by atoms with Crippen LogP contribution in [0.1, 0.15) is 72.6 Å². The van der Waals surface area contributed by atoms with Crippen LogP contribution in [-0.2, 0) is 23.9 Å². The normalized spacial score (nSPS) is 25.8. The van der Waals surface area contributed by atoms with Crippen molar-refractivity contribution in [3.05, 3.63) is 53.9 Å². The van der Waals surface area contributed by atoms with Gasteiger partial charge in [0.2, 0.25) is 17.7 Å². The first kappa shape index (κ1) is 35.3. The number of para-hydroxylation sites is 2. The average molecular weight is 704 g/mol. The molecule has 6 rings (SSSR count). The third kappa shape index (κ3) is 7.93. The number of ether oxygens (including phenoxy) is 3. The van der Waals surface area contributed by atoms with E-state index in [1.54, 1.807) is 27.7 Å². The van der Waals surface area contributed by atoms with Gasteiger partial charge in [-0.1, -0.05) is 43.2 Å². The molecule has 1 aromatic carbocycles. The van der Waals surface area contributed by atoms with Crippen LogP contribution in [0.5, 0.6) is 5.88 Å². The molecule has 5 atom stereocenters. The highest BCUT2D eigenvalue weighted by atomic mass is 32.1. The fraction of sp³-hybridized carbons (Fsp3) is 0.514. The Morgan fingerprint density at radius 1 is 1.08 bits per heavy atom. The van der Waals surface area contributed by atoms with Crippen LogP contribution in [-0.4, -0.2) is 81.2 Å². The number of carbonyl (C=O) groups is 4. The molecule has 1 aliphatic carbocycles. The van der Waals surface area contributed by atoms with Gasteiger partial charge in [0.1, 0.15) is 35.0 Å². The lowest BCUT2D eigenvalue weighted by Crippen LogP contribution is -2.56. The molecule has 2 aliphatic heterocycles. The predicted octanol–water partition coefficient (Wildman–Crippen LogP) is 5.56. The highest BCUT2D eigenvalue weighted by Gasteiger charge is 2.62. The Bertz CT molecular complexity index is 1760. The van der Waals surface area contributed by atoms with Crippen LogP contribution in [0.25, 0.3) is 21.6 Å². The molecule has 2 N–H and O–H groups in total. The Labute approximate surface area is 296 Å². The maximum atomic E-state index is 14.4. The van der Waals surface area contributed by atoms with E-state index in [2.05, 4.69) is 10.6 Å². The first-order chi connectivity index (χ1) is 24.0. The van der Waals surface area contributed by atoms with Gasteiger partial charge in [-0.3, -0.25) is 9.59 Å². The number of thiophene rings is 1. The van der Waals surface area contributed by atoms with Crippen LogP contribution in [0.3, 0.4) is 0 Å². The molecule has 4 heterocycles. The quantitative estimate of drug-likeness (QED) is 0.249. The van der Waals surface area contributed by atoms with Crippen LogP contribution in [0.4, 0.5) is 4.79 Å². The topological polar surface area (TPSA) is 149 Å². The number of amides is 3. The third-order valence-corrected chi connectivity index (χ3v) is 10.0. The van der Waals surface area contributed by atoms with Gasteiger partial charge in [-0.15, -0.1) is 11.3 Å². The Hall–Kier alpha value is -4.52. The maximum Gasteiger partial charge on any atom is 0.408 e. The van der Waals surface area contributed by atoms with Crippen molar-refractivity contribution in [2.24, 2.45) is 5.92 Å². The van der Waals surface area contributed by atoms with E-state index in [9.17, 15) is 19.2 Å². The number of nitrogens with zero attached hydrogens (tertiary/aromatic N) is 3. The molecule has 3 aliphatic rings. The van der Waals surface area contributed by atoms with E-state index in [1.807, 2.05) is 53.9 Å². The van der Waals surface area contributed by atoms with Gasteiger partial charge >= 0.3 is 12.1 Å². The highest BCUT2D eigenvalue weighted by molar-refractivity contribution is 7.13. The summed E-state index contributed by atoms with van der Waals surface area (Å²) in [5, 5.41) is 7.72. The molecule has 3 amide bonds. The number of hydrogen-bond donors (Lipinski definition) is 2. The van der Waals surface area contributed by atoms with Gasteiger partial charge < -0.3 is 29.7 Å². The number of benzene rings is 1. The van der Waals surface area contributed by atoms with Crippen molar-refractivity contribution < 1.29 is 33.4 Å². The zero-order valence-corrected chi connectivity index (χ0v) is 29.8. The van der Waals surface area contributed by atoms with Crippen molar-refractivity contribution in [2.45, 2.75) is 102 Å². The largest absolute Gasteiger partial charge is 0.471 e. The minimum atomic E-state index is -1.21. The molecule has 0 unspecified atom stereocenters. The molecule has 2 aromatic heterocycles. The first-order valence-corrected chi connectivity index (χ1v) is 18.3. The Balaban J connectivity index is 1.33. The Kier molecular flexibility index (Phi) is 10.4. The van der Waals surface area contributed by atoms with Crippen molar-refractivity contribution in [3.8, 4) is 16.5 Å². The minimum absolute atomic E-state index is 0.0531. The monoisotopic (exact) mass is 703 g/mol. The van der Waals surface area contributed by atoms with Gasteiger partial charge in [0.15, 0.2) is 0 Å². The number of rotatable bonds is 6. The number of fused-ring (bicyclic) bond motifs is 3. The predicted molar refractivity (Wildman–Crippen MR) is 188 cm³/mol.